The van der Waals surface area contributed by atoms with Crippen LogP contribution in [0.5, 0.6) is 0 Å². The first-order valence-corrected chi connectivity index (χ1v) is 8.44. The average molecular weight is 351 g/mol. The first kappa shape index (κ1) is 15.9. The minimum Gasteiger partial charge on any atom is -0.352 e. The predicted octanol–water partition coefficient (Wildman–Crippen LogP) is 4.37. The zero-order valence-corrected chi connectivity index (χ0v) is 13.5. The van der Waals surface area contributed by atoms with Crippen LogP contribution in [0.15, 0.2) is 22.7 Å². The molecule has 0 saturated carbocycles. The quantitative estimate of drug-likeness (QED) is 0.740. The molecule has 0 atom stereocenters. The molecular weight excluding hydrogens is 334 g/mol. The van der Waals surface area contributed by atoms with E-state index in [4.69, 9.17) is 11.6 Å². The van der Waals surface area contributed by atoms with Gasteiger partial charge in [0.15, 0.2) is 0 Å². The molecule has 0 bridgehead atoms. The minimum atomic E-state index is -0.0748. The molecule has 0 spiro atoms. The number of thioether (sulfide) groups is 1. The third-order valence-electron chi connectivity index (χ3n) is 2.48. The van der Waals surface area contributed by atoms with Gasteiger partial charge in [0.25, 0.3) is 5.91 Å². The summed E-state index contributed by atoms with van der Waals surface area (Å²) < 4.78 is 0.770. The van der Waals surface area contributed by atoms with Crippen molar-refractivity contribution >= 4 is 45.2 Å². The van der Waals surface area contributed by atoms with E-state index in [9.17, 15) is 4.79 Å². The van der Waals surface area contributed by atoms with E-state index in [0.29, 0.717) is 17.1 Å². The van der Waals surface area contributed by atoms with Crippen molar-refractivity contribution in [1.82, 2.24) is 5.32 Å². The monoisotopic (exact) mass is 349 g/mol. The van der Waals surface area contributed by atoms with Crippen LogP contribution in [-0.2, 0) is 0 Å². The molecule has 0 aliphatic carbocycles. The highest BCUT2D eigenvalue weighted by Gasteiger charge is 2.09. The Hall–Kier alpha value is -0.190. The summed E-state index contributed by atoms with van der Waals surface area (Å²) in [6.45, 7) is 0.714. The fourth-order valence-corrected chi connectivity index (χ4v) is 2.61. The Balaban J connectivity index is 2.34. The van der Waals surface area contributed by atoms with Crippen molar-refractivity contribution in [3.8, 4) is 0 Å². The largest absolute Gasteiger partial charge is 0.352 e. The number of halogens is 2. The second-order valence-corrected chi connectivity index (χ2v) is 6.21. The number of carbonyl (C=O) groups excluding carboxylic acids is 1. The first-order chi connectivity index (χ1) is 8.65. The lowest BCUT2D eigenvalue weighted by Gasteiger charge is -2.07. The van der Waals surface area contributed by atoms with Gasteiger partial charge in [-0.1, -0.05) is 18.0 Å². The summed E-state index contributed by atoms with van der Waals surface area (Å²) in [5, 5.41) is 3.48. The first-order valence-electron chi connectivity index (χ1n) is 5.87. The van der Waals surface area contributed by atoms with Gasteiger partial charge < -0.3 is 5.32 Å². The van der Waals surface area contributed by atoms with E-state index in [-0.39, 0.29) is 5.91 Å². The third-order valence-corrected chi connectivity index (χ3v) is 4.11. The van der Waals surface area contributed by atoms with E-state index < -0.39 is 0 Å². The van der Waals surface area contributed by atoms with Gasteiger partial charge in [-0.2, -0.15) is 11.8 Å². The lowest BCUT2D eigenvalue weighted by molar-refractivity contribution is 0.0952. The Morgan fingerprint density at radius 2 is 2.17 bits per heavy atom. The third kappa shape index (κ3) is 5.63. The van der Waals surface area contributed by atoms with Crippen molar-refractivity contribution in [3.63, 3.8) is 0 Å². The van der Waals surface area contributed by atoms with Crippen molar-refractivity contribution in [2.45, 2.75) is 19.3 Å². The molecule has 2 nitrogen and oxygen atoms in total. The van der Waals surface area contributed by atoms with E-state index in [1.807, 2.05) is 11.8 Å². The second kappa shape index (κ2) is 8.83. The summed E-state index contributed by atoms with van der Waals surface area (Å²) >= 11 is 11.1. The van der Waals surface area contributed by atoms with E-state index in [2.05, 4.69) is 27.5 Å². The molecule has 100 valence electrons. The summed E-state index contributed by atoms with van der Waals surface area (Å²) in [7, 11) is 0. The number of unbranched alkanes of at least 4 members (excludes halogenated alkanes) is 2. The van der Waals surface area contributed by atoms with Crippen LogP contribution in [0.3, 0.4) is 0 Å². The van der Waals surface area contributed by atoms with Crippen LogP contribution < -0.4 is 5.32 Å². The second-order valence-electron chi connectivity index (χ2n) is 3.93. The number of amides is 1. The van der Waals surface area contributed by atoms with Gasteiger partial charge in [-0.05, 0) is 59.0 Å². The smallest absolute Gasteiger partial charge is 0.252 e. The van der Waals surface area contributed by atoms with Crippen molar-refractivity contribution in [2.75, 3.05) is 18.6 Å². The van der Waals surface area contributed by atoms with Crippen molar-refractivity contribution in [1.29, 1.82) is 0 Å². The Morgan fingerprint density at radius 1 is 1.39 bits per heavy atom. The number of hydrogen-bond donors (Lipinski definition) is 1. The maximum atomic E-state index is 11.9. The molecule has 1 aromatic rings. The molecule has 1 amide bonds. The molecule has 0 unspecified atom stereocenters. The van der Waals surface area contributed by atoms with Crippen molar-refractivity contribution in [3.05, 3.63) is 33.3 Å². The summed E-state index contributed by atoms with van der Waals surface area (Å²) in [6, 6.07) is 5.22. The summed E-state index contributed by atoms with van der Waals surface area (Å²) in [4.78, 5) is 11.9. The predicted molar refractivity (Wildman–Crippen MR) is 83.7 cm³/mol. The summed E-state index contributed by atoms with van der Waals surface area (Å²) in [5.41, 5.74) is 0.589. The van der Waals surface area contributed by atoms with Gasteiger partial charge >= 0.3 is 0 Å². The van der Waals surface area contributed by atoms with Crippen LogP contribution in [0.1, 0.15) is 29.6 Å². The minimum absolute atomic E-state index is 0.0748. The molecule has 1 rings (SSSR count). The van der Waals surface area contributed by atoms with Gasteiger partial charge in [0.05, 0.1) is 5.56 Å². The fraction of sp³-hybridized carbons (Fsp3) is 0.462. The van der Waals surface area contributed by atoms with Crippen molar-refractivity contribution < 1.29 is 4.79 Å². The molecule has 0 saturated heterocycles. The molecule has 0 aliphatic rings. The van der Waals surface area contributed by atoms with Crippen LogP contribution in [-0.4, -0.2) is 24.5 Å². The molecule has 1 aromatic carbocycles. The van der Waals surface area contributed by atoms with Gasteiger partial charge in [0, 0.05) is 16.0 Å². The number of hydrogen-bond acceptors (Lipinski definition) is 2. The molecule has 0 heterocycles. The standard InChI is InChI=1S/C13H17BrClNOS/c1-18-8-4-2-3-7-16-13(17)11-9-10(15)5-6-12(11)14/h5-6,9H,2-4,7-8H2,1H3,(H,16,17). The van der Waals surface area contributed by atoms with Gasteiger partial charge in [0.2, 0.25) is 0 Å². The molecule has 1 N–H and O–H groups in total. The number of benzene rings is 1. The van der Waals surface area contributed by atoms with Crippen LogP contribution in [0.25, 0.3) is 0 Å². The van der Waals surface area contributed by atoms with Gasteiger partial charge in [-0.3, -0.25) is 4.79 Å². The highest BCUT2D eigenvalue weighted by molar-refractivity contribution is 9.10. The SMILES string of the molecule is CSCCCCCNC(=O)c1cc(Cl)ccc1Br. The highest BCUT2D eigenvalue weighted by atomic mass is 79.9. The van der Waals surface area contributed by atoms with Crippen LogP contribution >= 0.6 is 39.3 Å². The molecule has 0 aromatic heterocycles. The van der Waals surface area contributed by atoms with Gasteiger partial charge in [0.1, 0.15) is 0 Å². The lowest BCUT2D eigenvalue weighted by atomic mass is 10.2. The highest BCUT2D eigenvalue weighted by Crippen LogP contribution is 2.20. The van der Waals surface area contributed by atoms with E-state index >= 15 is 0 Å². The Bertz CT molecular complexity index is 401. The van der Waals surface area contributed by atoms with Gasteiger partial charge in [-0.15, -0.1) is 0 Å². The van der Waals surface area contributed by atoms with Crippen LogP contribution in [0.2, 0.25) is 5.02 Å². The van der Waals surface area contributed by atoms with E-state index in [1.54, 1.807) is 18.2 Å². The molecule has 18 heavy (non-hydrogen) atoms. The van der Waals surface area contributed by atoms with Crippen LogP contribution in [0, 0.1) is 0 Å². The number of carbonyl (C=O) groups is 1. The Labute approximate surface area is 126 Å². The normalized spacial score (nSPS) is 10.4. The maximum Gasteiger partial charge on any atom is 0.252 e. The maximum absolute atomic E-state index is 11.9. The Kier molecular flexibility index (Phi) is 7.79. The zero-order valence-electron chi connectivity index (χ0n) is 10.3. The van der Waals surface area contributed by atoms with Crippen molar-refractivity contribution in [2.24, 2.45) is 0 Å². The summed E-state index contributed by atoms with van der Waals surface area (Å²) in [6.07, 6.45) is 5.48. The Morgan fingerprint density at radius 3 is 2.89 bits per heavy atom. The fourth-order valence-electron chi connectivity index (χ4n) is 1.52. The molecule has 0 fully saturated rings. The average Bonchev–Trinajstić information content (AvgIpc) is 2.36. The van der Waals surface area contributed by atoms with Crippen LogP contribution in [0.4, 0.5) is 0 Å². The molecule has 0 aliphatic heterocycles. The number of rotatable bonds is 7. The van der Waals surface area contributed by atoms with E-state index in [0.717, 1.165) is 17.3 Å². The van der Waals surface area contributed by atoms with Gasteiger partial charge in [-0.25, -0.2) is 0 Å². The van der Waals surface area contributed by atoms with E-state index in [1.165, 1.54) is 12.2 Å². The number of nitrogens with one attached hydrogen (secondary N) is 1. The molecule has 5 heteroatoms. The molecule has 0 radical (unpaired) electrons. The molecular formula is C13H17BrClNOS. The topological polar surface area (TPSA) is 29.1 Å². The zero-order chi connectivity index (χ0) is 13.4. The lowest BCUT2D eigenvalue weighted by Crippen LogP contribution is -2.24. The summed E-state index contributed by atoms with van der Waals surface area (Å²) in [5.74, 6) is 1.11.